The van der Waals surface area contributed by atoms with Crippen molar-refractivity contribution in [2.24, 2.45) is 0 Å². The average molecular weight is 427 g/mol. The van der Waals surface area contributed by atoms with Crippen molar-refractivity contribution in [3.63, 3.8) is 0 Å². The molecule has 0 aliphatic rings. The monoisotopic (exact) mass is 426 g/mol. The molecule has 3 rings (SSSR count). The van der Waals surface area contributed by atoms with E-state index in [1.807, 2.05) is 50.7 Å². The van der Waals surface area contributed by atoms with Gasteiger partial charge in [0.15, 0.2) is 5.78 Å². The van der Waals surface area contributed by atoms with E-state index in [1.165, 1.54) is 6.26 Å². The summed E-state index contributed by atoms with van der Waals surface area (Å²) in [6, 6.07) is 9.91. The van der Waals surface area contributed by atoms with Gasteiger partial charge in [0.2, 0.25) is 5.88 Å². The highest BCUT2D eigenvalue weighted by atomic mass is 32.2. The Labute approximate surface area is 180 Å². The van der Waals surface area contributed by atoms with Gasteiger partial charge in [-0.2, -0.15) is 4.98 Å². The smallest absolute Gasteiger partial charge is 0.292 e. The standard InChI is InChI=1S/C22H26N4O3S/c1-26(2)9-4-10-28-21-8-6-16(13-24-21)15-5-7-20(30-3)17(11-15)12-19(27)18-14-29-22(23)25-18/h5-8,11,13-14H,4,9-10,12H2,1-3H3,(H2,23,25). The van der Waals surface area contributed by atoms with E-state index in [9.17, 15) is 4.79 Å². The Morgan fingerprint density at radius 2 is 2.03 bits per heavy atom. The van der Waals surface area contributed by atoms with Crippen molar-refractivity contribution in [3.8, 4) is 17.0 Å². The second kappa shape index (κ2) is 10.3. The van der Waals surface area contributed by atoms with Crippen molar-refractivity contribution < 1.29 is 13.9 Å². The van der Waals surface area contributed by atoms with Crippen LogP contribution in [-0.4, -0.2) is 54.2 Å². The van der Waals surface area contributed by atoms with Crippen LogP contribution in [0.4, 0.5) is 6.01 Å². The summed E-state index contributed by atoms with van der Waals surface area (Å²) in [6.45, 7) is 1.61. The predicted molar refractivity (Wildman–Crippen MR) is 119 cm³/mol. The minimum Gasteiger partial charge on any atom is -0.478 e. The van der Waals surface area contributed by atoms with Gasteiger partial charge in [-0.3, -0.25) is 4.79 Å². The molecule has 0 saturated carbocycles. The molecule has 3 aromatic rings. The molecule has 2 heterocycles. The zero-order valence-corrected chi connectivity index (χ0v) is 18.2. The van der Waals surface area contributed by atoms with Crippen molar-refractivity contribution in [1.29, 1.82) is 0 Å². The van der Waals surface area contributed by atoms with E-state index in [0.717, 1.165) is 34.6 Å². The molecule has 2 aromatic heterocycles. The first-order chi connectivity index (χ1) is 14.5. The second-order valence-electron chi connectivity index (χ2n) is 7.09. The summed E-state index contributed by atoms with van der Waals surface area (Å²) in [6.07, 6.45) is 6.24. The van der Waals surface area contributed by atoms with Crippen LogP contribution < -0.4 is 10.5 Å². The summed E-state index contributed by atoms with van der Waals surface area (Å²) in [7, 11) is 4.08. The highest BCUT2D eigenvalue weighted by Crippen LogP contribution is 2.28. The maximum Gasteiger partial charge on any atom is 0.292 e. The Bertz CT molecular complexity index is 986. The van der Waals surface area contributed by atoms with E-state index in [-0.39, 0.29) is 23.9 Å². The van der Waals surface area contributed by atoms with Gasteiger partial charge in [-0.25, -0.2) is 4.98 Å². The van der Waals surface area contributed by atoms with Crippen LogP contribution in [0.3, 0.4) is 0 Å². The Hall–Kier alpha value is -2.84. The van der Waals surface area contributed by atoms with E-state index in [2.05, 4.69) is 14.9 Å². The van der Waals surface area contributed by atoms with Gasteiger partial charge in [0.1, 0.15) is 12.0 Å². The van der Waals surface area contributed by atoms with Crippen molar-refractivity contribution in [2.75, 3.05) is 39.2 Å². The number of carbonyl (C=O) groups excluding carboxylic acids is 1. The lowest BCUT2D eigenvalue weighted by atomic mass is 10.0. The molecular weight excluding hydrogens is 400 g/mol. The third-order valence-corrected chi connectivity index (χ3v) is 5.35. The Morgan fingerprint density at radius 3 is 2.67 bits per heavy atom. The van der Waals surface area contributed by atoms with Crippen molar-refractivity contribution >= 4 is 23.6 Å². The second-order valence-corrected chi connectivity index (χ2v) is 7.94. The number of nitrogen functional groups attached to an aromatic ring is 1. The summed E-state index contributed by atoms with van der Waals surface area (Å²) in [5.41, 5.74) is 8.59. The number of benzene rings is 1. The molecule has 0 aliphatic heterocycles. The highest BCUT2D eigenvalue weighted by Gasteiger charge is 2.15. The number of oxazole rings is 1. The molecule has 7 nitrogen and oxygen atoms in total. The van der Waals surface area contributed by atoms with Crippen molar-refractivity contribution in [3.05, 3.63) is 54.0 Å². The largest absolute Gasteiger partial charge is 0.478 e. The molecule has 0 saturated heterocycles. The third kappa shape index (κ3) is 5.84. The Morgan fingerprint density at radius 1 is 1.23 bits per heavy atom. The van der Waals surface area contributed by atoms with Crippen molar-refractivity contribution in [1.82, 2.24) is 14.9 Å². The molecular formula is C22H26N4O3S. The van der Waals surface area contributed by atoms with Crippen LogP contribution in [-0.2, 0) is 6.42 Å². The quantitative estimate of drug-likeness (QED) is 0.297. The van der Waals surface area contributed by atoms with E-state index in [0.29, 0.717) is 12.5 Å². The van der Waals surface area contributed by atoms with Crippen LogP contribution in [0, 0.1) is 0 Å². The highest BCUT2D eigenvalue weighted by molar-refractivity contribution is 7.98. The number of ketones is 1. The fourth-order valence-electron chi connectivity index (χ4n) is 2.97. The molecule has 2 N–H and O–H groups in total. The number of hydrogen-bond acceptors (Lipinski definition) is 8. The normalized spacial score (nSPS) is 11.1. The van der Waals surface area contributed by atoms with Crippen LogP contribution in [0.15, 0.2) is 52.1 Å². The number of ether oxygens (including phenoxy) is 1. The zero-order valence-electron chi connectivity index (χ0n) is 17.4. The van der Waals surface area contributed by atoms with Gasteiger partial charge in [-0.1, -0.05) is 6.07 Å². The molecule has 158 valence electrons. The van der Waals surface area contributed by atoms with Crippen molar-refractivity contribution in [2.45, 2.75) is 17.7 Å². The molecule has 0 radical (unpaired) electrons. The van der Waals surface area contributed by atoms with Gasteiger partial charge in [0.05, 0.1) is 6.61 Å². The van der Waals surface area contributed by atoms with E-state index in [1.54, 1.807) is 18.0 Å². The summed E-state index contributed by atoms with van der Waals surface area (Å²) >= 11 is 1.60. The lowest BCUT2D eigenvalue weighted by Crippen LogP contribution is -2.15. The molecule has 1 aromatic carbocycles. The summed E-state index contributed by atoms with van der Waals surface area (Å²) in [4.78, 5) is 24.0. The Balaban J connectivity index is 1.71. The number of nitrogens with two attached hydrogens (primary N) is 1. The first-order valence-electron chi connectivity index (χ1n) is 9.61. The number of thioether (sulfide) groups is 1. The first kappa shape index (κ1) is 21.9. The number of pyridine rings is 1. The van der Waals surface area contributed by atoms with Gasteiger partial charge < -0.3 is 19.8 Å². The molecule has 0 aliphatic carbocycles. The molecule has 0 spiro atoms. The molecule has 0 atom stereocenters. The molecule has 0 fully saturated rings. The molecule has 30 heavy (non-hydrogen) atoms. The fraction of sp³-hybridized carbons (Fsp3) is 0.318. The van der Waals surface area contributed by atoms with Gasteiger partial charge in [-0.05, 0) is 56.1 Å². The topological polar surface area (TPSA) is 94.5 Å². The van der Waals surface area contributed by atoms with E-state index >= 15 is 0 Å². The number of Topliss-reactive ketones (excluding diaryl/α,β-unsaturated/α-hetero) is 1. The maximum absolute atomic E-state index is 12.5. The van der Waals surface area contributed by atoms with E-state index in [4.69, 9.17) is 14.9 Å². The lowest BCUT2D eigenvalue weighted by Gasteiger charge is -2.11. The Kier molecular flexibility index (Phi) is 7.48. The van der Waals surface area contributed by atoms with Gasteiger partial charge >= 0.3 is 0 Å². The number of nitrogens with zero attached hydrogens (tertiary/aromatic N) is 3. The molecule has 8 heteroatoms. The van der Waals surface area contributed by atoms with E-state index < -0.39 is 0 Å². The molecule has 0 amide bonds. The first-order valence-corrected chi connectivity index (χ1v) is 10.8. The number of rotatable bonds is 10. The SMILES string of the molecule is CSc1ccc(-c2ccc(OCCCN(C)C)nc2)cc1CC(=O)c1coc(N)n1. The minimum atomic E-state index is -0.137. The number of carbonyl (C=O) groups is 1. The zero-order chi connectivity index (χ0) is 21.5. The number of anilines is 1. The predicted octanol–water partition coefficient (Wildman–Crippen LogP) is 3.80. The summed E-state index contributed by atoms with van der Waals surface area (Å²) in [5, 5.41) is 0. The average Bonchev–Trinajstić information content (AvgIpc) is 3.18. The number of hydrogen-bond donors (Lipinski definition) is 1. The van der Waals surface area contributed by atoms with Gasteiger partial charge in [-0.15, -0.1) is 11.8 Å². The minimum absolute atomic E-state index is 0.00714. The van der Waals surface area contributed by atoms with Crippen LogP contribution in [0.5, 0.6) is 5.88 Å². The van der Waals surface area contributed by atoms with Gasteiger partial charge in [0, 0.05) is 35.7 Å². The lowest BCUT2D eigenvalue weighted by molar-refractivity contribution is 0.0987. The number of aromatic nitrogens is 2. The fourth-order valence-corrected chi connectivity index (χ4v) is 3.57. The van der Waals surface area contributed by atoms with Gasteiger partial charge in [0.25, 0.3) is 6.01 Å². The van der Waals surface area contributed by atoms with Crippen LogP contribution in [0.2, 0.25) is 0 Å². The molecule has 0 unspecified atom stereocenters. The summed E-state index contributed by atoms with van der Waals surface area (Å²) in [5.74, 6) is 0.472. The van der Waals surface area contributed by atoms with Crippen LogP contribution >= 0.6 is 11.8 Å². The van der Waals surface area contributed by atoms with Crippen LogP contribution in [0.25, 0.3) is 11.1 Å². The molecule has 0 bridgehead atoms. The van der Waals surface area contributed by atoms with Crippen LogP contribution in [0.1, 0.15) is 22.5 Å². The summed E-state index contributed by atoms with van der Waals surface area (Å²) < 4.78 is 10.6. The third-order valence-electron chi connectivity index (χ3n) is 4.51. The maximum atomic E-state index is 12.5.